The standard InChI is InChI=1S/C20H20N2O3/c1-3-22-17-10-9-15(21-20(25)14-7-5-4-6-8-14)11-16(17)13(2)18(22)12-19(23)24/h4-11H,3,12H2,1-2H3,(H,21,25)(H,23,24). The van der Waals surface area contributed by atoms with Crippen molar-refractivity contribution in [2.75, 3.05) is 5.32 Å². The second-order valence-electron chi connectivity index (χ2n) is 5.94. The molecule has 0 spiro atoms. The van der Waals surface area contributed by atoms with Crippen molar-refractivity contribution in [3.05, 3.63) is 65.4 Å². The summed E-state index contributed by atoms with van der Waals surface area (Å²) in [5.74, 6) is -1.02. The van der Waals surface area contributed by atoms with Gasteiger partial charge in [-0.3, -0.25) is 9.59 Å². The van der Waals surface area contributed by atoms with E-state index in [2.05, 4.69) is 5.32 Å². The minimum atomic E-state index is -0.849. The fraction of sp³-hybridized carbons (Fsp3) is 0.200. The first-order chi connectivity index (χ1) is 12.0. The number of aromatic nitrogens is 1. The molecule has 1 heterocycles. The smallest absolute Gasteiger partial charge is 0.309 e. The van der Waals surface area contributed by atoms with Gasteiger partial charge in [0.2, 0.25) is 0 Å². The molecule has 1 aromatic heterocycles. The average molecular weight is 336 g/mol. The zero-order valence-electron chi connectivity index (χ0n) is 14.2. The monoisotopic (exact) mass is 336 g/mol. The number of fused-ring (bicyclic) bond motifs is 1. The zero-order valence-corrected chi connectivity index (χ0v) is 14.2. The third-order valence-corrected chi connectivity index (χ3v) is 4.38. The Kier molecular flexibility index (Phi) is 4.57. The molecular formula is C20H20N2O3. The molecule has 1 amide bonds. The van der Waals surface area contributed by atoms with Crippen molar-refractivity contribution in [3.8, 4) is 0 Å². The van der Waals surface area contributed by atoms with E-state index < -0.39 is 5.97 Å². The van der Waals surface area contributed by atoms with Crippen LogP contribution in [0.5, 0.6) is 0 Å². The van der Waals surface area contributed by atoms with Gasteiger partial charge in [0.25, 0.3) is 5.91 Å². The Bertz CT molecular complexity index is 942. The number of aryl methyl sites for hydroxylation is 2. The molecule has 128 valence electrons. The van der Waals surface area contributed by atoms with Crippen LogP contribution in [0.25, 0.3) is 10.9 Å². The summed E-state index contributed by atoms with van der Waals surface area (Å²) in [6.45, 7) is 4.62. The van der Waals surface area contributed by atoms with E-state index in [0.717, 1.165) is 22.2 Å². The van der Waals surface area contributed by atoms with Crippen molar-refractivity contribution < 1.29 is 14.7 Å². The number of carboxylic acid groups (broad SMARTS) is 1. The predicted molar refractivity (Wildman–Crippen MR) is 98.1 cm³/mol. The van der Waals surface area contributed by atoms with E-state index in [4.69, 9.17) is 5.11 Å². The number of carboxylic acids is 1. The molecule has 0 aliphatic carbocycles. The van der Waals surface area contributed by atoms with Crippen molar-refractivity contribution in [3.63, 3.8) is 0 Å². The fourth-order valence-corrected chi connectivity index (χ4v) is 3.18. The minimum absolute atomic E-state index is 0.0138. The molecule has 0 aliphatic heterocycles. The molecule has 5 nitrogen and oxygen atoms in total. The number of aliphatic carboxylic acids is 1. The number of amides is 1. The highest BCUT2D eigenvalue weighted by atomic mass is 16.4. The van der Waals surface area contributed by atoms with Crippen LogP contribution in [0.3, 0.4) is 0 Å². The summed E-state index contributed by atoms with van der Waals surface area (Å²) in [4.78, 5) is 23.5. The van der Waals surface area contributed by atoms with Crippen LogP contribution in [0.1, 0.15) is 28.5 Å². The van der Waals surface area contributed by atoms with Gasteiger partial charge in [0.05, 0.1) is 6.42 Å². The van der Waals surface area contributed by atoms with Crippen LogP contribution in [0.4, 0.5) is 5.69 Å². The Hall–Kier alpha value is -3.08. The van der Waals surface area contributed by atoms with E-state index in [1.165, 1.54) is 0 Å². The highest BCUT2D eigenvalue weighted by Gasteiger charge is 2.16. The van der Waals surface area contributed by atoms with E-state index in [1.807, 2.05) is 54.8 Å². The van der Waals surface area contributed by atoms with Crippen molar-refractivity contribution in [2.24, 2.45) is 0 Å². The first-order valence-electron chi connectivity index (χ1n) is 8.21. The summed E-state index contributed by atoms with van der Waals surface area (Å²) in [6, 6.07) is 14.7. The summed E-state index contributed by atoms with van der Waals surface area (Å²) < 4.78 is 2.02. The summed E-state index contributed by atoms with van der Waals surface area (Å²) in [7, 11) is 0. The third kappa shape index (κ3) is 3.26. The topological polar surface area (TPSA) is 71.3 Å². The van der Waals surface area contributed by atoms with Gasteiger partial charge in [-0.05, 0) is 49.7 Å². The third-order valence-electron chi connectivity index (χ3n) is 4.38. The van der Waals surface area contributed by atoms with Gasteiger partial charge in [-0.2, -0.15) is 0 Å². The quantitative estimate of drug-likeness (QED) is 0.743. The predicted octanol–water partition coefficient (Wildman–Crippen LogP) is 3.85. The molecule has 3 aromatic rings. The molecule has 0 saturated carbocycles. The van der Waals surface area contributed by atoms with Gasteiger partial charge < -0.3 is 15.0 Å². The van der Waals surface area contributed by atoms with Crippen LogP contribution in [0, 0.1) is 6.92 Å². The molecule has 2 aromatic carbocycles. The molecule has 5 heteroatoms. The molecule has 0 atom stereocenters. The van der Waals surface area contributed by atoms with Crippen molar-refractivity contribution in [2.45, 2.75) is 26.8 Å². The van der Waals surface area contributed by atoms with Gasteiger partial charge >= 0.3 is 5.97 Å². The lowest BCUT2D eigenvalue weighted by Gasteiger charge is -2.08. The number of hydrogen-bond donors (Lipinski definition) is 2. The Morgan fingerprint density at radius 3 is 2.48 bits per heavy atom. The number of carbonyl (C=O) groups is 2. The van der Waals surface area contributed by atoms with Gasteiger partial charge in [0.15, 0.2) is 0 Å². The molecule has 0 unspecified atom stereocenters. The van der Waals surface area contributed by atoms with Crippen LogP contribution in [-0.2, 0) is 17.8 Å². The number of hydrogen-bond acceptors (Lipinski definition) is 2. The average Bonchev–Trinajstić information content (AvgIpc) is 2.86. The van der Waals surface area contributed by atoms with Crippen LogP contribution in [0.2, 0.25) is 0 Å². The molecule has 2 N–H and O–H groups in total. The Morgan fingerprint density at radius 1 is 1.12 bits per heavy atom. The Labute approximate surface area is 145 Å². The Morgan fingerprint density at radius 2 is 1.84 bits per heavy atom. The SMILES string of the molecule is CCn1c(CC(=O)O)c(C)c2cc(NC(=O)c3ccccc3)ccc21. The number of benzene rings is 2. The summed E-state index contributed by atoms with van der Waals surface area (Å²) >= 11 is 0. The van der Waals surface area contributed by atoms with E-state index in [-0.39, 0.29) is 12.3 Å². The fourth-order valence-electron chi connectivity index (χ4n) is 3.18. The number of nitrogens with one attached hydrogen (secondary N) is 1. The minimum Gasteiger partial charge on any atom is -0.481 e. The first-order valence-corrected chi connectivity index (χ1v) is 8.21. The van der Waals surface area contributed by atoms with Crippen LogP contribution in [-0.4, -0.2) is 21.6 Å². The summed E-state index contributed by atoms with van der Waals surface area (Å²) in [6.07, 6.45) is -0.0138. The van der Waals surface area contributed by atoms with E-state index in [1.54, 1.807) is 12.1 Å². The van der Waals surface area contributed by atoms with Gasteiger partial charge in [0.1, 0.15) is 0 Å². The molecule has 25 heavy (non-hydrogen) atoms. The maximum absolute atomic E-state index is 12.3. The second kappa shape index (κ2) is 6.81. The number of carbonyl (C=O) groups excluding carboxylic acids is 1. The normalized spacial score (nSPS) is 10.8. The molecule has 0 bridgehead atoms. The molecule has 0 aliphatic rings. The van der Waals surface area contributed by atoms with Crippen molar-refractivity contribution in [1.29, 1.82) is 0 Å². The molecule has 0 radical (unpaired) electrons. The van der Waals surface area contributed by atoms with Crippen LogP contribution < -0.4 is 5.32 Å². The zero-order chi connectivity index (χ0) is 18.0. The number of rotatable bonds is 5. The highest BCUT2D eigenvalue weighted by molar-refractivity contribution is 6.05. The first kappa shape index (κ1) is 16.8. The molecule has 0 fully saturated rings. The van der Waals surface area contributed by atoms with E-state index in [0.29, 0.717) is 17.8 Å². The van der Waals surface area contributed by atoms with E-state index >= 15 is 0 Å². The maximum atomic E-state index is 12.3. The highest BCUT2D eigenvalue weighted by Crippen LogP contribution is 2.29. The lowest BCUT2D eigenvalue weighted by molar-refractivity contribution is -0.136. The summed E-state index contributed by atoms with van der Waals surface area (Å²) in [5.41, 5.74) is 4.01. The van der Waals surface area contributed by atoms with Crippen LogP contribution in [0.15, 0.2) is 48.5 Å². The number of anilines is 1. The van der Waals surface area contributed by atoms with Crippen LogP contribution >= 0.6 is 0 Å². The van der Waals surface area contributed by atoms with Gasteiger partial charge in [-0.25, -0.2) is 0 Å². The van der Waals surface area contributed by atoms with Crippen molar-refractivity contribution >= 4 is 28.5 Å². The molecule has 0 saturated heterocycles. The van der Waals surface area contributed by atoms with Gasteiger partial charge in [0, 0.05) is 34.4 Å². The molecule has 3 rings (SSSR count). The van der Waals surface area contributed by atoms with Crippen molar-refractivity contribution in [1.82, 2.24) is 4.57 Å². The number of nitrogens with zero attached hydrogens (tertiary/aromatic N) is 1. The molecular weight excluding hydrogens is 316 g/mol. The lowest BCUT2D eigenvalue weighted by atomic mass is 10.1. The summed E-state index contributed by atoms with van der Waals surface area (Å²) in [5, 5.41) is 13.0. The lowest BCUT2D eigenvalue weighted by Crippen LogP contribution is -2.11. The Balaban J connectivity index is 1.98. The maximum Gasteiger partial charge on any atom is 0.309 e. The van der Waals surface area contributed by atoms with E-state index in [9.17, 15) is 9.59 Å². The second-order valence-corrected chi connectivity index (χ2v) is 5.94. The largest absolute Gasteiger partial charge is 0.481 e. The van der Waals surface area contributed by atoms with Gasteiger partial charge in [-0.1, -0.05) is 18.2 Å². The van der Waals surface area contributed by atoms with Gasteiger partial charge in [-0.15, -0.1) is 0 Å².